The zero-order valence-corrected chi connectivity index (χ0v) is 19.7. The lowest BCUT2D eigenvalue weighted by Crippen LogP contribution is -2.53. The van der Waals surface area contributed by atoms with Crippen LogP contribution in [-0.2, 0) is 14.3 Å². The molecule has 0 saturated heterocycles. The Hall–Kier alpha value is -3.35. The Morgan fingerprint density at radius 1 is 0.914 bits per heavy atom. The van der Waals surface area contributed by atoms with Crippen LogP contribution in [0.1, 0.15) is 55.6 Å². The van der Waals surface area contributed by atoms with Crippen molar-refractivity contribution in [2.75, 3.05) is 13.2 Å². The number of hydrogen-bond donors (Lipinski definition) is 3. The molecule has 2 saturated carbocycles. The van der Waals surface area contributed by atoms with E-state index in [4.69, 9.17) is 4.74 Å². The summed E-state index contributed by atoms with van der Waals surface area (Å²) >= 11 is 0. The second-order valence-corrected chi connectivity index (χ2v) is 10.0. The van der Waals surface area contributed by atoms with Crippen molar-refractivity contribution in [1.82, 2.24) is 10.6 Å². The van der Waals surface area contributed by atoms with Gasteiger partial charge >= 0.3 is 12.1 Å². The van der Waals surface area contributed by atoms with E-state index < -0.39 is 24.0 Å². The van der Waals surface area contributed by atoms with Crippen LogP contribution in [0.2, 0.25) is 0 Å². The molecule has 35 heavy (non-hydrogen) atoms. The minimum atomic E-state index is -0.797. The summed E-state index contributed by atoms with van der Waals surface area (Å²) in [6, 6.07) is 15.7. The molecule has 3 aliphatic rings. The van der Waals surface area contributed by atoms with Gasteiger partial charge in [0.1, 0.15) is 12.6 Å². The summed E-state index contributed by atoms with van der Waals surface area (Å²) in [5.41, 5.74) is 4.60. The van der Waals surface area contributed by atoms with Crippen molar-refractivity contribution in [3.05, 3.63) is 59.7 Å². The van der Waals surface area contributed by atoms with E-state index in [1.165, 1.54) is 0 Å². The summed E-state index contributed by atoms with van der Waals surface area (Å²) in [5.74, 6) is -1.48. The lowest BCUT2D eigenvalue weighted by molar-refractivity contribution is -0.143. The van der Waals surface area contributed by atoms with E-state index in [1.54, 1.807) is 0 Å². The summed E-state index contributed by atoms with van der Waals surface area (Å²) in [6.07, 6.45) is 4.51. The van der Waals surface area contributed by atoms with E-state index in [-0.39, 0.29) is 30.3 Å². The summed E-state index contributed by atoms with van der Waals surface area (Å²) in [4.78, 5) is 37.2. The molecule has 3 aliphatic carbocycles. The molecule has 1 unspecified atom stereocenters. The maximum atomic E-state index is 13.0. The number of carboxylic acids is 1. The molecule has 2 aromatic carbocycles. The van der Waals surface area contributed by atoms with Gasteiger partial charge in [-0.1, -0.05) is 61.4 Å². The third kappa shape index (κ3) is 4.77. The maximum absolute atomic E-state index is 13.0. The second kappa shape index (κ2) is 10.1. The first-order valence-electron chi connectivity index (χ1n) is 12.6. The van der Waals surface area contributed by atoms with Crippen LogP contribution in [0.5, 0.6) is 0 Å². The fourth-order valence-electron chi connectivity index (χ4n) is 5.89. The van der Waals surface area contributed by atoms with Crippen LogP contribution >= 0.6 is 0 Å². The van der Waals surface area contributed by atoms with E-state index >= 15 is 0 Å². The predicted molar refractivity (Wildman–Crippen MR) is 131 cm³/mol. The van der Waals surface area contributed by atoms with E-state index in [2.05, 4.69) is 34.9 Å². The molecule has 5 rings (SSSR count). The monoisotopic (exact) mass is 476 g/mol. The Morgan fingerprint density at radius 3 is 2.14 bits per heavy atom. The van der Waals surface area contributed by atoms with Gasteiger partial charge in [-0.3, -0.25) is 9.59 Å². The van der Waals surface area contributed by atoms with Gasteiger partial charge in [0, 0.05) is 12.5 Å². The molecule has 7 nitrogen and oxygen atoms in total. The first kappa shape index (κ1) is 23.4. The predicted octanol–water partition coefficient (Wildman–Crippen LogP) is 4.31. The number of ether oxygens (including phenoxy) is 1. The van der Waals surface area contributed by atoms with Gasteiger partial charge in [0.25, 0.3) is 0 Å². The SMILES string of the molecule is O=C(NC(C(=O)NC[C@H]1CCC[C@H]1C(=O)O)C1CCC1)OCC1c2ccccc2-c2ccccc21. The molecule has 3 atom stereocenters. The number of hydrogen-bond acceptors (Lipinski definition) is 4. The standard InChI is InChI=1S/C28H32N2O5/c31-26(29-15-18-9-6-14-19(18)27(32)33)25(17-7-5-8-17)30-28(34)35-16-24-22-12-3-1-10-20(22)21-11-2-4-13-23(21)24/h1-4,10-13,17-19,24-25H,5-9,14-16H2,(H,29,31)(H,30,34)(H,32,33)/t18-,19-,25?/m1/s1. The Kier molecular flexibility index (Phi) is 6.75. The number of amides is 2. The molecular weight excluding hydrogens is 444 g/mol. The fourth-order valence-corrected chi connectivity index (χ4v) is 5.89. The maximum Gasteiger partial charge on any atom is 0.407 e. The van der Waals surface area contributed by atoms with Gasteiger partial charge in [-0.15, -0.1) is 0 Å². The third-order valence-corrected chi connectivity index (χ3v) is 8.04. The molecular formula is C28H32N2O5. The first-order chi connectivity index (χ1) is 17.0. The van der Waals surface area contributed by atoms with Gasteiger partial charge in [-0.05, 0) is 59.8 Å². The second-order valence-electron chi connectivity index (χ2n) is 10.0. The van der Waals surface area contributed by atoms with Crippen LogP contribution in [0.15, 0.2) is 48.5 Å². The number of carbonyl (C=O) groups excluding carboxylic acids is 2. The van der Waals surface area contributed by atoms with Crippen molar-refractivity contribution in [1.29, 1.82) is 0 Å². The summed E-state index contributed by atoms with van der Waals surface area (Å²) < 4.78 is 5.66. The zero-order valence-electron chi connectivity index (χ0n) is 19.7. The van der Waals surface area contributed by atoms with Crippen molar-refractivity contribution in [3.8, 4) is 11.1 Å². The topological polar surface area (TPSA) is 105 Å². The molecule has 0 aliphatic heterocycles. The van der Waals surface area contributed by atoms with Crippen LogP contribution in [-0.4, -0.2) is 42.3 Å². The van der Waals surface area contributed by atoms with Gasteiger partial charge in [-0.25, -0.2) is 4.79 Å². The van der Waals surface area contributed by atoms with Crippen molar-refractivity contribution >= 4 is 18.0 Å². The Labute approximate surface area is 205 Å². The lowest BCUT2D eigenvalue weighted by Gasteiger charge is -2.33. The van der Waals surface area contributed by atoms with Gasteiger partial charge < -0.3 is 20.5 Å². The molecule has 7 heteroatoms. The summed E-state index contributed by atoms with van der Waals surface area (Å²) in [7, 11) is 0. The molecule has 2 fully saturated rings. The molecule has 0 heterocycles. The smallest absolute Gasteiger partial charge is 0.407 e. The highest BCUT2D eigenvalue weighted by Crippen LogP contribution is 2.44. The van der Waals surface area contributed by atoms with Crippen LogP contribution < -0.4 is 10.6 Å². The summed E-state index contributed by atoms with van der Waals surface area (Å²) in [5, 5.41) is 15.1. The van der Waals surface area contributed by atoms with E-state index in [0.717, 1.165) is 54.4 Å². The molecule has 0 bridgehead atoms. The molecule has 184 valence electrons. The van der Waals surface area contributed by atoms with Crippen LogP contribution in [0, 0.1) is 17.8 Å². The number of aliphatic carboxylic acids is 1. The van der Waals surface area contributed by atoms with Gasteiger partial charge in [0.05, 0.1) is 5.92 Å². The Balaban J connectivity index is 1.20. The normalized spacial score (nSPS) is 21.9. The molecule has 0 aromatic heterocycles. The number of carboxylic acid groups (broad SMARTS) is 1. The van der Waals surface area contributed by atoms with Crippen LogP contribution in [0.25, 0.3) is 11.1 Å². The first-order valence-corrected chi connectivity index (χ1v) is 12.6. The average molecular weight is 477 g/mol. The summed E-state index contributed by atoms with van der Waals surface area (Å²) in [6.45, 7) is 0.520. The molecule has 0 spiro atoms. The number of carbonyl (C=O) groups is 3. The van der Waals surface area contributed by atoms with E-state index in [0.29, 0.717) is 13.0 Å². The van der Waals surface area contributed by atoms with Crippen LogP contribution in [0.4, 0.5) is 4.79 Å². The fraction of sp³-hybridized carbons (Fsp3) is 0.464. The number of rotatable bonds is 8. The minimum absolute atomic E-state index is 0.0422. The number of alkyl carbamates (subject to hydrolysis) is 1. The van der Waals surface area contributed by atoms with Gasteiger partial charge in [0.2, 0.25) is 5.91 Å². The Bertz CT molecular complexity index is 1070. The molecule has 2 aromatic rings. The highest BCUT2D eigenvalue weighted by molar-refractivity contribution is 5.86. The van der Waals surface area contributed by atoms with Gasteiger partial charge in [-0.2, -0.15) is 0 Å². The minimum Gasteiger partial charge on any atom is -0.481 e. The molecule has 3 N–H and O–H groups in total. The van der Waals surface area contributed by atoms with E-state index in [1.807, 2.05) is 24.3 Å². The largest absolute Gasteiger partial charge is 0.481 e. The number of nitrogens with one attached hydrogen (secondary N) is 2. The van der Waals surface area contributed by atoms with Crippen molar-refractivity contribution in [2.24, 2.45) is 17.8 Å². The average Bonchev–Trinajstić information content (AvgIpc) is 3.42. The lowest BCUT2D eigenvalue weighted by atomic mass is 9.79. The molecule has 0 radical (unpaired) electrons. The molecule has 2 amide bonds. The highest BCUT2D eigenvalue weighted by Gasteiger charge is 2.37. The Morgan fingerprint density at radius 2 is 1.54 bits per heavy atom. The van der Waals surface area contributed by atoms with Gasteiger partial charge in [0.15, 0.2) is 0 Å². The third-order valence-electron chi connectivity index (χ3n) is 8.04. The quantitative estimate of drug-likeness (QED) is 0.527. The van der Waals surface area contributed by atoms with Crippen molar-refractivity contribution in [3.63, 3.8) is 0 Å². The zero-order chi connectivity index (χ0) is 24.4. The number of fused-ring (bicyclic) bond motifs is 3. The van der Waals surface area contributed by atoms with Crippen molar-refractivity contribution in [2.45, 2.75) is 50.5 Å². The number of benzene rings is 2. The van der Waals surface area contributed by atoms with Crippen LogP contribution in [0.3, 0.4) is 0 Å². The highest BCUT2D eigenvalue weighted by atomic mass is 16.5. The van der Waals surface area contributed by atoms with Crippen molar-refractivity contribution < 1.29 is 24.2 Å². The van der Waals surface area contributed by atoms with E-state index in [9.17, 15) is 19.5 Å².